The van der Waals surface area contributed by atoms with Crippen LogP contribution in [0.5, 0.6) is 5.75 Å². The number of unbranched alkanes of at least 4 members (excludes halogenated alkanes) is 1. The van der Waals surface area contributed by atoms with Gasteiger partial charge in [0.15, 0.2) is 0 Å². The van der Waals surface area contributed by atoms with Crippen LogP contribution in [0.1, 0.15) is 19.8 Å². The molecule has 0 saturated carbocycles. The van der Waals surface area contributed by atoms with Crippen LogP contribution in [0.2, 0.25) is 0 Å². The van der Waals surface area contributed by atoms with Crippen LogP contribution < -0.4 is 29.6 Å². The predicted molar refractivity (Wildman–Crippen MR) is 52.6 cm³/mol. The quantitative estimate of drug-likeness (QED) is 0.395. The second kappa shape index (κ2) is 13.4. The molecule has 0 saturated heterocycles. The van der Waals surface area contributed by atoms with Crippen LogP contribution in [0.25, 0.3) is 0 Å². The van der Waals surface area contributed by atoms with Gasteiger partial charge in [-0.15, -0.1) is 0 Å². The minimum atomic E-state index is 0. The molecule has 0 unspecified atom stereocenters. The van der Waals surface area contributed by atoms with Gasteiger partial charge in [0.1, 0.15) is 5.75 Å². The SMILES string of the molecule is CCCCOc1ccccc1.[Cl-].[Cl-].[Mg+2]. The third kappa shape index (κ3) is 8.94. The van der Waals surface area contributed by atoms with E-state index < -0.39 is 0 Å². The number of ether oxygens (including phenoxy) is 1. The Morgan fingerprint density at radius 1 is 1.07 bits per heavy atom. The van der Waals surface area contributed by atoms with Gasteiger partial charge in [0.25, 0.3) is 0 Å². The van der Waals surface area contributed by atoms with Gasteiger partial charge in [0.05, 0.1) is 6.61 Å². The van der Waals surface area contributed by atoms with E-state index in [1.165, 1.54) is 6.42 Å². The normalized spacial score (nSPS) is 7.50. The van der Waals surface area contributed by atoms with Gasteiger partial charge < -0.3 is 29.6 Å². The summed E-state index contributed by atoms with van der Waals surface area (Å²) < 4.78 is 5.45. The van der Waals surface area contributed by atoms with Crippen molar-refractivity contribution >= 4 is 23.1 Å². The fourth-order valence-electron chi connectivity index (χ4n) is 0.851. The summed E-state index contributed by atoms with van der Waals surface area (Å²) in [5.74, 6) is 0.973. The van der Waals surface area contributed by atoms with E-state index in [4.69, 9.17) is 4.74 Å². The summed E-state index contributed by atoms with van der Waals surface area (Å²) in [7, 11) is 0. The van der Waals surface area contributed by atoms with Crippen molar-refractivity contribution in [3.63, 3.8) is 0 Å². The molecule has 0 radical (unpaired) electrons. The molecule has 0 spiro atoms. The summed E-state index contributed by atoms with van der Waals surface area (Å²) in [6.07, 6.45) is 2.32. The molecular weight excluding hydrogens is 231 g/mol. The summed E-state index contributed by atoms with van der Waals surface area (Å²) in [6.45, 7) is 2.99. The molecule has 1 aromatic carbocycles. The molecule has 0 aliphatic carbocycles. The second-order valence-corrected chi connectivity index (χ2v) is 2.52. The van der Waals surface area contributed by atoms with E-state index in [9.17, 15) is 0 Å². The molecule has 0 atom stereocenters. The van der Waals surface area contributed by atoms with Crippen LogP contribution >= 0.6 is 0 Å². The van der Waals surface area contributed by atoms with Crippen molar-refractivity contribution in [1.29, 1.82) is 0 Å². The molecule has 4 heteroatoms. The first-order valence-corrected chi connectivity index (χ1v) is 4.11. The Labute approximate surface area is 115 Å². The monoisotopic (exact) mass is 244 g/mol. The third-order valence-corrected chi connectivity index (χ3v) is 1.51. The molecule has 0 aromatic heterocycles. The van der Waals surface area contributed by atoms with Crippen molar-refractivity contribution in [3.05, 3.63) is 30.3 Å². The molecule has 0 amide bonds. The summed E-state index contributed by atoms with van der Waals surface area (Å²) >= 11 is 0. The number of halogens is 2. The predicted octanol–water partition coefficient (Wildman–Crippen LogP) is -3.51. The minimum absolute atomic E-state index is 0. The molecule has 0 heterocycles. The summed E-state index contributed by atoms with van der Waals surface area (Å²) in [6, 6.07) is 9.93. The topological polar surface area (TPSA) is 9.23 Å². The molecule has 0 N–H and O–H groups in total. The van der Waals surface area contributed by atoms with Gasteiger partial charge in [-0.05, 0) is 18.6 Å². The minimum Gasteiger partial charge on any atom is -1.00 e. The zero-order valence-electron chi connectivity index (χ0n) is 8.38. The molecule has 0 aliphatic rings. The fraction of sp³-hybridized carbons (Fsp3) is 0.400. The van der Waals surface area contributed by atoms with Crippen molar-refractivity contribution in [2.75, 3.05) is 6.61 Å². The van der Waals surface area contributed by atoms with Crippen LogP contribution in [-0.2, 0) is 0 Å². The first-order chi connectivity index (χ1) is 5.43. The molecular formula is C10H14Cl2MgO. The molecule has 0 bridgehead atoms. The van der Waals surface area contributed by atoms with E-state index in [0.717, 1.165) is 18.8 Å². The van der Waals surface area contributed by atoms with Crippen molar-refractivity contribution < 1.29 is 29.6 Å². The first-order valence-electron chi connectivity index (χ1n) is 4.11. The summed E-state index contributed by atoms with van der Waals surface area (Å²) in [5.41, 5.74) is 0. The largest absolute Gasteiger partial charge is 2.00 e. The zero-order valence-corrected chi connectivity index (χ0v) is 11.3. The molecule has 0 fully saturated rings. The van der Waals surface area contributed by atoms with E-state index in [2.05, 4.69) is 6.92 Å². The Kier molecular flexibility index (Phi) is 19.0. The zero-order chi connectivity index (χ0) is 7.94. The second-order valence-electron chi connectivity index (χ2n) is 2.52. The Morgan fingerprint density at radius 3 is 2.14 bits per heavy atom. The smallest absolute Gasteiger partial charge is 1.00 e. The van der Waals surface area contributed by atoms with Crippen LogP contribution in [0.3, 0.4) is 0 Å². The molecule has 1 aromatic rings. The number of hydrogen-bond acceptors (Lipinski definition) is 1. The van der Waals surface area contributed by atoms with E-state index >= 15 is 0 Å². The first kappa shape index (κ1) is 19.9. The number of rotatable bonds is 4. The van der Waals surface area contributed by atoms with Crippen LogP contribution in [0.15, 0.2) is 30.3 Å². The number of benzene rings is 1. The standard InChI is InChI=1S/C10H14O.2ClH.Mg/c1-2-3-9-11-10-7-5-4-6-8-10;;;/h4-8H,2-3,9H2,1H3;2*1H;/q;;;+2/p-2. The van der Waals surface area contributed by atoms with Gasteiger partial charge in [-0.25, -0.2) is 0 Å². The van der Waals surface area contributed by atoms with Gasteiger partial charge in [-0.1, -0.05) is 31.5 Å². The maximum absolute atomic E-state index is 5.45. The molecule has 1 nitrogen and oxygen atoms in total. The average Bonchev–Trinajstić information content (AvgIpc) is 2.07. The van der Waals surface area contributed by atoms with Crippen molar-refractivity contribution in [2.24, 2.45) is 0 Å². The van der Waals surface area contributed by atoms with Crippen molar-refractivity contribution in [1.82, 2.24) is 0 Å². The summed E-state index contributed by atoms with van der Waals surface area (Å²) in [4.78, 5) is 0. The molecule has 76 valence electrons. The fourth-order valence-corrected chi connectivity index (χ4v) is 0.851. The number of para-hydroxylation sites is 1. The van der Waals surface area contributed by atoms with Crippen LogP contribution in [0, 0.1) is 0 Å². The Morgan fingerprint density at radius 2 is 1.64 bits per heavy atom. The Bertz CT molecular complexity index is 195. The Hall–Kier alpha value is 0.366. The van der Waals surface area contributed by atoms with Gasteiger partial charge in [0, 0.05) is 0 Å². The Balaban J connectivity index is -0.000000403. The molecule has 0 aliphatic heterocycles. The molecule has 14 heavy (non-hydrogen) atoms. The van der Waals surface area contributed by atoms with Gasteiger partial charge in [0.2, 0.25) is 0 Å². The average molecular weight is 245 g/mol. The van der Waals surface area contributed by atoms with Gasteiger partial charge >= 0.3 is 23.1 Å². The van der Waals surface area contributed by atoms with Gasteiger partial charge in [-0.3, -0.25) is 0 Å². The van der Waals surface area contributed by atoms with Crippen molar-refractivity contribution in [3.8, 4) is 5.75 Å². The van der Waals surface area contributed by atoms with E-state index in [0.29, 0.717) is 0 Å². The maximum Gasteiger partial charge on any atom is 2.00 e. The van der Waals surface area contributed by atoms with E-state index in [1.54, 1.807) is 0 Å². The number of hydrogen-bond donors (Lipinski definition) is 0. The van der Waals surface area contributed by atoms with Crippen LogP contribution in [-0.4, -0.2) is 29.7 Å². The summed E-state index contributed by atoms with van der Waals surface area (Å²) in [5, 5.41) is 0. The van der Waals surface area contributed by atoms with Crippen LogP contribution in [0.4, 0.5) is 0 Å². The van der Waals surface area contributed by atoms with E-state index in [1.807, 2.05) is 30.3 Å². The van der Waals surface area contributed by atoms with E-state index in [-0.39, 0.29) is 47.9 Å². The van der Waals surface area contributed by atoms with Gasteiger partial charge in [-0.2, -0.15) is 0 Å². The third-order valence-electron chi connectivity index (χ3n) is 1.51. The maximum atomic E-state index is 5.45. The van der Waals surface area contributed by atoms with Crippen molar-refractivity contribution in [2.45, 2.75) is 19.8 Å². The molecule has 1 rings (SSSR count).